The summed E-state index contributed by atoms with van der Waals surface area (Å²) >= 11 is 0. The SMILES string of the molecule is O=C(CC1CC1)N1CCCn2cnc(COCc3ccco3)c2C1. The smallest absolute Gasteiger partial charge is 0.223 e. The van der Waals surface area contributed by atoms with Gasteiger partial charge in [-0.3, -0.25) is 4.79 Å². The van der Waals surface area contributed by atoms with Gasteiger partial charge < -0.3 is 18.6 Å². The van der Waals surface area contributed by atoms with E-state index in [9.17, 15) is 4.79 Å². The zero-order valence-electron chi connectivity index (χ0n) is 13.8. The van der Waals surface area contributed by atoms with Crippen LogP contribution in [-0.4, -0.2) is 26.9 Å². The average molecular weight is 329 g/mol. The molecule has 2 aliphatic rings. The molecule has 1 amide bonds. The summed E-state index contributed by atoms with van der Waals surface area (Å²) in [5.41, 5.74) is 2.03. The molecule has 0 aromatic carbocycles. The summed E-state index contributed by atoms with van der Waals surface area (Å²) in [7, 11) is 0. The third-order valence-electron chi connectivity index (χ3n) is 4.78. The van der Waals surface area contributed by atoms with Crippen molar-refractivity contribution in [2.75, 3.05) is 6.54 Å². The van der Waals surface area contributed by atoms with Crippen LogP contribution in [0.4, 0.5) is 0 Å². The van der Waals surface area contributed by atoms with E-state index >= 15 is 0 Å². The van der Waals surface area contributed by atoms with E-state index in [4.69, 9.17) is 9.15 Å². The van der Waals surface area contributed by atoms with Crippen LogP contribution in [0.3, 0.4) is 0 Å². The second kappa shape index (κ2) is 6.81. The quantitative estimate of drug-likeness (QED) is 0.817. The number of rotatable bonds is 6. The molecule has 0 bridgehead atoms. The van der Waals surface area contributed by atoms with E-state index in [-0.39, 0.29) is 5.91 Å². The van der Waals surface area contributed by atoms with Crippen LogP contribution < -0.4 is 0 Å². The van der Waals surface area contributed by atoms with Gasteiger partial charge in [0.25, 0.3) is 0 Å². The van der Waals surface area contributed by atoms with Crippen LogP contribution in [0.2, 0.25) is 0 Å². The maximum absolute atomic E-state index is 12.5. The Morgan fingerprint density at radius 3 is 3.04 bits per heavy atom. The summed E-state index contributed by atoms with van der Waals surface area (Å²) < 4.78 is 13.2. The molecule has 0 saturated heterocycles. The molecule has 3 heterocycles. The Bertz CT molecular complexity index is 688. The van der Waals surface area contributed by atoms with Gasteiger partial charge in [-0.1, -0.05) is 0 Å². The van der Waals surface area contributed by atoms with Crippen LogP contribution in [0.1, 0.15) is 42.8 Å². The number of carbonyl (C=O) groups excluding carboxylic acids is 1. The Balaban J connectivity index is 1.40. The van der Waals surface area contributed by atoms with Crippen molar-refractivity contribution in [3.8, 4) is 0 Å². The lowest BCUT2D eigenvalue weighted by Crippen LogP contribution is -2.31. The van der Waals surface area contributed by atoms with Crippen LogP contribution in [0.15, 0.2) is 29.1 Å². The Labute approximate surface area is 141 Å². The van der Waals surface area contributed by atoms with Crippen molar-refractivity contribution in [3.63, 3.8) is 0 Å². The molecule has 128 valence electrons. The van der Waals surface area contributed by atoms with Gasteiger partial charge in [-0.05, 0) is 37.3 Å². The number of nitrogens with zero attached hydrogens (tertiary/aromatic N) is 3. The second-order valence-corrected chi connectivity index (χ2v) is 6.72. The van der Waals surface area contributed by atoms with Crippen molar-refractivity contribution < 1.29 is 13.9 Å². The molecule has 2 aromatic heterocycles. The Morgan fingerprint density at radius 1 is 1.33 bits per heavy atom. The molecule has 24 heavy (non-hydrogen) atoms. The molecule has 0 atom stereocenters. The van der Waals surface area contributed by atoms with E-state index in [0.717, 1.165) is 36.7 Å². The number of furan rings is 1. The molecule has 1 aliphatic heterocycles. The Kier molecular flexibility index (Phi) is 4.38. The maximum atomic E-state index is 12.5. The number of hydrogen-bond donors (Lipinski definition) is 0. The number of aryl methyl sites for hydroxylation is 1. The van der Waals surface area contributed by atoms with E-state index in [2.05, 4.69) is 9.55 Å². The predicted octanol–water partition coefficient (Wildman–Crippen LogP) is 2.73. The molecule has 1 saturated carbocycles. The molecule has 4 rings (SSSR count). The zero-order chi connectivity index (χ0) is 16.4. The minimum atomic E-state index is 0.287. The van der Waals surface area contributed by atoms with Gasteiger partial charge >= 0.3 is 0 Å². The van der Waals surface area contributed by atoms with Gasteiger partial charge in [-0.15, -0.1) is 0 Å². The largest absolute Gasteiger partial charge is 0.467 e. The third-order valence-corrected chi connectivity index (χ3v) is 4.78. The van der Waals surface area contributed by atoms with E-state index in [1.165, 1.54) is 12.8 Å². The number of imidazole rings is 1. The van der Waals surface area contributed by atoms with Crippen molar-refractivity contribution in [1.82, 2.24) is 14.5 Å². The van der Waals surface area contributed by atoms with Crippen LogP contribution in [0, 0.1) is 5.92 Å². The first kappa shape index (κ1) is 15.4. The molecular weight excluding hydrogens is 306 g/mol. The second-order valence-electron chi connectivity index (χ2n) is 6.72. The van der Waals surface area contributed by atoms with Gasteiger partial charge in [0.2, 0.25) is 5.91 Å². The molecule has 2 aromatic rings. The predicted molar refractivity (Wildman–Crippen MR) is 86.8 cm³/mol. The standard InChI is InChI=1S/C18H23N3O3/c22-18(9-14-4-5-14)20-6-2-7-21-13-19-16(17(21)10-20)12-23-11-15-3-1-8-24-15/h1,3,8,13-14H,2,4-7,9-12H2. The lowest BCUT2D eigenvalue weighted by molar-refractivity contribution is -0.132. The molecule has 1 fully saturated rings. The number of carbonyl (C=O) groups is 1. The Morgan fingerprint density at radius 2 is 2.25 bits per heavy atom. The van der Waals surface area contributed by atoms with Crippen molar-refractivity contribution >= 4 is 5.91 Å². The van der Waals surface area contributed by atoms with Gasteiger partial charge in [-0.25, -0.2) is 4.98 Å². The summed E-state index contributed by atoms with van der Waals surface area (Å²) in [4.78, 5) is 19.0. The maximum Gasteiger partial charge on any atom is 0.223 e. The first-order chi connectivity index (χ1) is 11.8. The summed E-state index contributed by atoms with van der Waals surface area (Å²) in [6.07, 6.45) is 7.62. The van der Waals surface area contributed by atoms with E-state index < -0.39 is 0 Å². The van der Waals surface area contributed by atoms with Gasteiger partial charge in [0.05, 0.1) is 37.1 Å². The van der Waals surface area contributed by atoms with Crippen LogP contribution in [-0.2, 0) is 35.8 Å². The molecule has 0 spiro atoms. The fourth-order valence-electron chi connectivity index (χ4n) is 3.19. The average Bonchev–Trinajstić information content (AvgIpc) is 3.17. The monoisotopic (exact) mass is 329 g/mol. The molecule has 6 nitrogen and oxygen atoms in total. The first-order valence-corrected chi connectivity index (χ1v) is 8.70. The molecular formula is C18H23N3O3. The van der Waals surface area contributed by atoms with Crippen molar-refractivity contribution in [3.05, 3.63) is 41.9 Å². The summed E-state index contributed by atoms with van der Waals surface area (Å²) in [5.74, 6) is 1.72. The van der Waals surface area contributed by atoms with Crippen LogP contribution >= 0.6 is 0 Å². The highest BCUT2D eigenvalue weighted by molar-refractivity contribution is 5.76. The first-order valence-electron chi connectivity index (χ1n) is 8.70. The van der Waals surface area contributed by atoms with Crippen molar-refractivity contribution in [1.29, 1.82) is 0 Å². The molecule has 0 radical (unpaired) electrons. The lowest BCUT2D eigenvalue weighted by Gasteiger charge is -2.20. The zero-order valence-corrected chi connectivity index (χ0v) is 13.8. The normalized spacial score (nSPS) is 17.6. The van der Waals surface area contributed by atoms with Crippen molar-refractivity contribution in [2.45, 2.75) is 52.0 Å². The minimum Gasteiger partial charge on any atom is -0.467 e. The van der Waals surface area contributed by atoms with Gasteiger partial charge in [0, 0.05) is 19.5 Å². The molecule has 0 unspecified atom stereocenters. The van der Waals surface area contributed by atoms with E-state index in [1.807, 2.05) is 23.4 Å². The fraction of sp³-hybridized carbons (Fsp3) is 0.556. The lowest BCUT2D eigenvalue weighted by atomic mass is 10.2. The summed E-state index contributed by atoms with van der Waals surface area (Å²) in [6.45, 7) is 3.26. The van der Waals surface area contributed by atoms with Gasteiger partial charge in [0.1, 0.15) is 12.4 Å². The number of ether oxygens (including phenoxy) is 1. The molecule has 1 aliphatic carbocycles. The number of fused-ring (bicyclic) bond motifs is 1. The summed E-state index contributed by atoms with van der Waals surface area (Å²) in [5, 5.41) is 0. The van der Waals surface area contributed by atoms with Crippen LogP contribution in [0.5, 0.6) is 0 Å². The van der Waals surface area contributed by atoms with Gasteiger partial charge in [0.15, 0.2) is 0 Å². The topological polar surface area (TPSA) is 60.5 Å². The summed E-state index contributed by atoms with van der Waals surface area (Å²) in [6, 6.07) is 3.75. The number of hydrogen-bond acceptors (Lipinski definition) is 4. The van der Waals surface area contributed by atoms with Crippen molar-refractivity contribution in [2.24, 2.45) is 5.92 Å². The highest BCUT2D eigenvalue weighted by atomic mass is 16.5. The third kappa shape index (κ3) is 3.53. The molecule has 0 N–H and O–H groups in total. The van der Waals surface area contributed by atoms with E-state index in [0.29, 0.717) is 32.1 Å². The van der Waals surface area contributed by atoms with Gasteiger partial charge in [-0.2, -0.15) is 0 Å². The number of amides is 1. The number of aromatic nitrogens is 2. The van der Waals surface area contributed by atoms with Crippen LogP contribution in [0.25, 0.3) is 0 Å². The highest BCUT2D eigenvalue weighted by Crippen LogP contribution is 2.33. The Hall–Kier alpha value is -2.08. The fourth-order valence-corrected chi connectivity index (χ4v) is 3.19. The highest BCUT2D eigenvalue weighted by Gasteiger charge is 2.28. The van der Waals surface area contributed by atoms with E-state index in [1.54, 1.807) is 6.26 Å². The minimum absolute atomic E-state index is 0.287. The molecule has 6 heteroatoms.